The monoisotopic (exact) mass is 288 g/mol. The van der Waals surface area contributed by atoms with E-state index in [0.29, 0.717) is 6.04 Å². The minimum Gasteiger partial charge on any atom is -0.350 e. The van der Waals surface area contributed by atoms with Crippen LogP contribution in [0.3, 0.4) is 0 Å². The van der Waals surface area contributed by atoms with Gasteiger partial charge in [0.25, 0.3) is 5.91 Å². The summed E-state index contributed by atoms with van der Waals surface area (Å²) in [6.07, 6.45) is 2.44. The number of nitrogens with one attached hydrogen (secondary N) is 1. The molecule has 0 aromatic heterocycles. The lowest BCUT2D eigenvalue weighted by Crippen LogP contribution is -2.40. The Morgan fingerprint density at radius 1 is 1.29 bits per heavy atom. The van der Waals surface area contributed by atoms with E-state index in [-0.39, 0.29) is 11.3 Å². The zero-order chi connectivity index (χ0) is 15.5. The van der Waals surface area contributed by atoms with Gasteiger partial charge in [0, 0.05) is 18.2 Å². The molecule has 1 amide bonds. The normalized spacial score (nSPS) is 19.7. The highest BCUT2D eigenvalue weighted by molar-refractivity contribution is 5.94. The quantitative estimate of drug-likeness (QED) is 0.923. The first-order chi connectivity index (χ1) is 9.91. The molecule has 21 heavy (non-hydrogen) atoms. The summed E-state index contributed by atoms with van der Waals surface area (Å²) in [6, 6.07) is 8.49. The second-order valence-corrected chi connectivity index (χ2v) is 6.96. The SMILES string of the molecule is CCN1CCCC1CNC(=O)c1ccc(C(C)(C)C)cc1. The van der Waals surface area contributed by atoms with E-state index in [1.807, 2.05) is 12.1 Å². The third kappa shape index (κ3) is 4.07. The maximum absolute atomic E-state index is 12.2. The number of benzene rings is 1. The number of likely N-dealkylation sites (tertiary alicyclic amines) is 1. The van der Waals surface area contributed by atoms with Gasteiger partial charge in [0.05, 0.1) is 0 Å². The van der Waals surface area contributed by atoms with Gasteiger partial charge in [-0.25, -0.2) is 0 Å². The van der Waals surface area contributed by atoms with Crippen LogP contribution in [0.2, 0.25) is 0 Å². The fourth-order valence-electron chi connectivity index (χ4n) is 2.98. The Hall–Kier alpha value is -1.35. The van der Waals surface area contributed by atoms with Crippen molar-refractivity contribution in [3.63, 3.8) is 0 Å². The minimum absolute atomic E-state index is 0.0402. The zero-order valence-corrected chi connectivity index (χ0v) is 13.8. The summed E-state index contributed by atoms with van der Waals surface area (Å²) in [5, 5.41) is 3.08. The van der Waals surface area contributed by atoms with Crippen molar-refractivity contribution in [2.75, 3.05) is 19.6 Å². The van der Waals surface area contributed by atoms with Gasteiger partial charge < -0.3 is 5.32 Å². The van der Waals surface area contributed by atoms with E-state index in [1.54, 1.807) is 0 Å². The standard InChI is InChI=1S/C18H28N2O/c1-5-20-12-6-7-16(20)13-19-17(21)14-8-10-15(11-9-14)18(2,3)4/h8-11,16H,5-7,12-13H2,1-4H3,(H,19,21). The molecule has 1 unspecified atom stereocenters. The molecule has 1 N–H and O–H groups in total. The molecule has 0 bridgehead atoms. The number of likely N-dealkylation sites (N-methyl/N-ethyl adjacent to an activating group) is 1. The van der Waals surface area contributed by atoms with Crippen LogP contribution in [0.15, 0.2) is 24.3 Å². The highest BCUT2D eigenvalue weighted by atomic mass is 16.1. The van der Waals surface area contributed by atoms with Crippen molar-refractivity contribution in [2.45, 2.75) is 52.0 Å². The van der Waals surface area contributed by atoms with Gasteiger partial charge in [0.1, 0.15) is 0 Å². The summed E-state index contributed by atoms with van der Waals surface area (Å²) in [5.41, 5.74) is 2.14. The predicted octanol–water partition coefficient (Wildman–Crippen LogP) is 3.20. The van der Waals surface area contributed by atoms with Crippen molar-refractivity contribution in [2.24, 2.45) is 0 Å². The Kier molecular flexibility index (Phi) is 5.04. The van der Waals surface area contributed by atoms with E-state index in [0.717, 1.165) is 25.2 Å². The number of carbonyl (C=O) groups excluding carboxylic acids is 1. The Bertz CT molecular complexity index is 473. The lowest BCUT2D eigenvalue weighted by atomic mass is 9.87. The molecule has 1 aliphatic heterocycles. The van der Waals surface area contributed by atoms with E-state index in [4.69, 9.17) is 0 Å². The van der Waals surface area contributed by atoms with Gasteiger partial charge in [-0.2, -0.15) is 0 Å². The van der Waals surface area contributed by atoms with Crippen LogP contribution in [-0.2, 0) is 5.41 Å². The molecular formula is C18H28N2O. The van der Waals surface area contributed by atoms with Crippen LogP contribution in [0.5, 0.6) is 0 Å². The van der Waals surface area contributed by atoms with Gasteiger partial charge in [-0.1, -0.05) is 39.8 Å². The van der Waals surface area contributed by atoms with E-state index in [2.05, 4.69) is 50.0 Å². The molecule has 0 aliphatic carbocycles. The molecule has 1 fully saturated rings. The van der Waals surface area contributed by atoms with Crippen molar-refractivity contribution in [1.82, 2.24) is 10.2 Å². The fourth-order valence-corrected chi connectivity index (χ4v) is 2.98. The molecule has 1 aliphatic rings. The van der Waals surface area contributed by atoms with Crippen molar-refractivity contribution >= 4 is 5.91 Å². The van der Waals surface area contributed by atoms with E-state index in [1.165, 1.54) is 18.4 Å². The molecule has 0 spiro atoms. The molecule has 1 heterocycles. The van der Waals surface area contributed by atoms with Crippen LogP contribution in [0.4, 0.5) is 0 Å². The molecule has 116 valence electrons. The van der Waals surface area contributed by atoms with Gasteiger partial charge in [0.15, 0.2) is 0 Å². The van der Waals surface area contributed by atoms with Crippen LogP contribution in [0, 0.1) is 0 Å². The number of hydrogen-bond acceptors (Lipinski definition) is 2. The van der Waals surface area contributed by atoms with Crippen LogP contribution in [-0.4, -0.2) is 36.5 Å². The molecule has 1 atom stereocenters. The largest absolute Gasteiger partial charge is 0.350 e. The molecular weight excluding hydrogens is 260 g/mol. The molecule has 1 saturated heterocycles. The summed E-state index contributed by atoms with van der Waals surface area (Å²) in [6.45, 7) is 11.7. The predicted molar refractivity (Wildman–Crippen MR) is 87.7 cm³/mol. The van der Waals surface area contributed by atoms with Crippen LogP contribution in [0.1, 0.15) is 56.5 Å². The summed E-state index contributed by atoms with van der Waals surface area (Å²) in [7, 11) is 0. The van der Waals surface area contributed by atoms with Gasteiger partial charge in [-0.3, -0.25) is 9.69 Å². The first-order valence-electron chi connectivity index (χ1n) is 8.04. The van der Waals surface area contributed by atoms with Gasteiger partial charge in [-0.15, -0.1) is 0 Å². The molecule has 1 aromatic rings. The number of rotatable bonds is 4. The Morgan fingerprint density at radius 2 is 1.95 bits per heavy atom. The molecule has 3 nitrogen and oxygen atoms in total. The number of nitrogens with zero attached hydrogens (tertiary/aromatic N) is 1. The summed E-state index contributed by atoms with van der Waals surface area (Å²) < 4.78 is 0. The van der Waals surface area contributed by atoms with Crippen molar-refractivity contribution in [3.05, 3.63) is 35.4 Å². The Morgan fingerprint density at radius 3 is 2.52 bits per heavy atom. The van der Waals surface area contributed by atoms with Crippen molar-refractivity contribution < 1.29 is 4.79 Å². The van der Waals surface area contributed by atoms with Crippen molar-refractivity contribution in [1.29, 1.82) is 0 Å². The first-order valence-corrected chi connectivity index (χ1v) is 8.04. The third-order valence-corrected chi connectivity index (χ3v) is 4.42. The number of amides is 1. The smallest absolute Gasteiger partial charge is 0.251 e. The minimum atomic E-state index is 0.0402. The zero-order valence-electron chi connectivity index (χ0n) is 13.8. The summed E-state index contributed by atoms with van der Waals surface area (Å²) in [5.74, 6) is 0.0402. The second-order valence-electron chi connectivity index (χ2n) is 6.96. The first kappa shape index (κ1) is 16.0. The second kappa shape index (κ2) is 6.61. The fraction of sp³-hybridized carbons (Fsp3) is 0.611. The summed E-state index contributed by atoms with van der Waals surface area (Å²) >= 11 is 0. The van der Waals surface area contributed by atoms with Crippen LogP contribution < -0.4 is 5.32 Å². The number of carbonyl (C=O) groups is 1. The van der Waals surface area contributed by atoms with Gasteiger partial charge in [-0.05, 0) is 49.0 Å². The van der Waals surface area contributed by atoms with Gasteiger partial charge in [0.2, 0.25) is 0 Å². The van der Waals surface area contributed by atoms with E-state index >= 15 is 0 Å². The molecule has 0 radical (unpaired) electrons. The summed E-state index contributed by atoms with van der Waals surface area (Å²) in [4.78, 5) is 14.7. The highest BCUT2D eigenvalue weighted by Gasteiger charge is 2.23. The van der Waals surface area contributed by atoms with E-state index < -0.39 is 0 Å². The average molecular weight is 288 g/mol. The van der Waals surface area contributed by atoms with Crippen LogP contribution >= 0.6 is 0 Å². The lowest BCUT2D eigenvalue weighted by Gasteiger charge is -2.23. The third-order valence-electron chi connectivity index (χ3n) is 4.42. The Labute approximate surface area is 128 Å². The van der Waals surface area contributed by atoms with Crippen molar-refractivity contribution in [3.8, 4) is 0 Å². The molecule has 2 rings (SSSR count). The van der Waals surface area contributed by atoms with Crippen LogP contribution in [0.25, 0.3) is 0 Å². The topological polar surface area (TPSA) is 32.3 Å². The number of hydrogen-bond donors (Lipinski definition) is 1. The molecule has 3 heteroatoms. The molecule has 0 saturated carbocycles. The lowest BCUT2D eigenvalue weighted by molar-refractivity contribution is 0.0941. The highest BCUT2D eigenvalue weighted by Crippen LogP contribution is 2.22. The van der Waals surface area contributed by atoms with E-state index in [9.17, 15) is 4.79 Å². The van der Waals surface area contributed by atoms with Gasteiger partial charge >= 0.3 is 0 Å². The average Bonchev–Trinajstić information content (AvgIpc) is 2.91. The Balaban J connectivity index is 1.91. The maximum Gasteiger partial charge on any atom is 0.251 e. The molecule has 1 aromatic carbocycles. The maximum atomic E-state index is 12.2.